The summed E-state index contributed by atoms with van der Waals surface area (Å²) in [5.74, 6) is 1.66. The molecule has 1 aromatic heterocycles. The molecule has 0 saturated carbocycles. The Morgan fingerprint density at radius 1 is 0.976 bits per heavy atom. The second-order valence-corrected chi connectivity index (χ2v) is 11.2. The minimum absolute atomic E-state index is 0.00209. The van der Waals surface area contributed by atoms with E-state index in [1.54, 1.807) is 24.0 Å². The Morgan fingerprint density at radius 2 is 1.78 bits per heavy atom. The molecule has 0 spiro atoms. The standard InChI is InChI=1S/C33H35N3O5/c1-20(2)41-27-14-13-22(16-28(27)40-5)25-18-36-29(37)19-35(17-21-9-8-10-23(15-21)39-4)32(38)33(36,3)31-30(25)24-11-6-7-12-26(24)34-31/h6-16,20,25,34H,17-19H2,1-5H3. The fraction of sp³-hybridized carbons (Fsp3) is 0.333. The van der Waals surface area contributed by atoms with Gasteiger partial charge >= 0.3 is 0 Å². The number of piperazine rings is 1. The van der Waals surface area contributed by atoms with Gasteiger partial charge in [0.05, 0.1) is 26.0 Å². The highest BCUT2D eigenvalue weighted by molar-refractivity contribution is 6.01. The number of nitrogens with one attached hydrogen (secondary N) is 1. The van der Waals surface area contributed by atoms with Crippen molar-refractivity contribution in [3.63, 3.8) is 0 Å². The average Bonchev–Trinajstić information content (AvgIpc) is 3.37. The van der Waals surface area contributed by atoms with Crippen LogP contribution < -0.4 is 14.2 Å². The summed E-state index contributed by atoms with van der Waals surface area (Å²) >= 11 is 0. The molecule has 1 saturated heterocycles. The van der Waals surface area contributed by atoms with Crippen LogP contribution in [0.4, 0.5) is 0 Å². The molecule has 2 aliphatic rings. The lowest BCUT2D eigenvalue weighted by atomic mass is 9.76. The highest BCUT2D eigenvalue weighted by Gasteiger charge is 2.56. The molecule has 3 aromatic carbocycles. The molecule has 8 nitrogen and oxygen atoms in total. The van der Waals surface area contributed by atoms with Crippen molar-refractivity contribution in [1.29, 1.82) is 0 Å². The molecule has 2 amide bonds. The molecule has 212 valence electrons. The third-order valence-corrected chi connectivity index (χ3v) is 8.28. The number of amides is 2. The van der Waals surface area contributed by atoms with Gasteiger partial charge in [-0.3, -0.25) is 9.59 Å². The lowest BCUT2D eigenvalue weighted by molar-refractivity contribution is -0.166. The molecule has 2 unspecified atom stereocenters. The average molecular weight is 554 g/mol. The summed E-state index contributed by atoms with van der Waals surface area (Å²) in [6.45, 7) is 6.53. The number of methoxy groups -OCH3 is 2. The number of rotatable bonds is 7. The van der Waals surface area contributed by atoms with Crippen molar-refractivity contribution in [3.05, 3.63) is 89.1 Å². The second-order valence-electron chi connectivity index (χ2n) is 11.2. The normalized spacial score (nSPS) is 20.3. The summed E-state index contributed by atoms with van der Waals surface area (Å²) in [6.07, 6.45) is 0.00209. The molecule has 1 fully saturated rings. The number of aromatic nitrogens is 1. The Labute approximate surface area is 239 Å². The largest absolute Gasteiger partial charge is 0.497 e. The van der Waals surface area contributed by atoms with Crippen LogP contribution in [0.3, 0.4) is 0 Å². The van der Waals surface area contributed by atoms with Gasteiger partial charge < -0.3 is 29.0 Å². The van der Waals surface area contributed by atoms with Gasteiger partial charge in [-0.2, -0.15) is 0 Å². The van der Waals surface area contributed by atoms with Gasteiger partial charge in [-0.25, -0.2) is 0 Å². The van der Waals surface area contributed by atoms with E-state index in [9.17, 15) is 9.59 Å². The van der Waals surface area contributed by atoms with E-state index in [1.807, 2.05) is 81.4 Å². The smallest absolute Gasteiger partial charge is 0.255 e. The topological polar surface area (TPSA) is 84.1 Å². The van der Waals surface area contributed by atoms with E-state index in [2.05, 4.69) is 11.1 Å². The first kappa shape index (κ1) is 26.7. The van der Waals surface area contributed by atoms with Crippen LogP contribution in [0.15, 0.2) is 66.7 Å². The van der Waals surface area contributed by atoms with E-state index in [-0.39, 0.29) is 30.4 Å². The lowest BCUT2D eigenvalue weighted by Gasteiger charge is -2.51. The van der Waals surface area contributed by atoms with Crippen LogP contribution in [0.25, 0.3) is 10.9 Å². The molecule has 0 bridgehead atoms. The summed E-state index contributed by atoms with van der Waals surface area (Å²) < 4.78 is 17.0. The third kappa shape index (κ3) is 4.38. The molecule has 8 heteroatoms. The van der Waals surface area contributed by atoms with Crippen LogP contribution in [-0.4, -0.2) is 60.0 Å². The number of hydrogen-bond donors (Lipinski definition) is 1. The number of benzene rings is 3. The van der Waals surface area contributed by atoms with Crippen LogP contribution in [0, 0.1) is 0 Å². The number of ether oxygens (including phenoxy) is 3. The molecule has 6 rings (SSSR count). The Balaban J connectivity index is 1.46. The molecule has 0 radical (unpaired) electrons. The summed E-state index contributed by atoms with van der Waals surface area (Å²) in [6, 6.07) is 21.6. The first-order chi connectivity index (χ1) is 19.7. The first-order valence-corrected chi connectivity index (χ1v) is 13.9. The van der Waals surface area contributed by atoms with Crippen LogP contribution in [-0.2, 0) is 21.7 Å². The summed E-state index contributed by atoms with van der Waals surface area (Å²) in [4.78, 5) is 35.2. The van der Waals surface area contributed by atoms with Crippen molar-refractivity contribution in [2.75, 3.05) is 27.3 Å². The molecule has 4 aromatic rings. The quantitative estimate of drug-likeness (QED) is 0.340. The molecule has 41 heavy (non-hydrogen) atoms. The second kappa shape index (κ2) is 10.2. The van der Waals surface area contributed by atoms with E-state index in [0.29, 0.717) is 30.3 Å². The minimum atomic E-state index is -1.18. The minimum Gasteiger partial charge on any atom is -0.497 e. The van der Waals surface area contributed by atoms with Gasteiger partial charge in [0.15, 0.2) is 17.0 Å². The van der Waals surface area contributed by atoms with Gasteiger partial charge in [-0.05, 0) is 67.8 Å². The maximum Gasteiger partial charge on any atom is 0.255 e. The van der Waals surface area contributed by atoms with Gasteiger partial charge in [0, 0.05) is 29.9 Å². The Kier molecular flexibility index (Phi) is 6.64. The molecular formula is C33H35N3O5. The van der Waals surface area contributed by atoms with E-state index in [1.165, 1.54) is 0 Å². The third-order valence-electron chi connectivity index (χ3n) is 8.28. The highest BCUT2D eigenvalue weighted by Crippen LogP contribution is 2.49. The van der Waals surface area contributed by atoms with Crippen molar-refractivity contribution in [1.82, 2.24) is 14.8 Å². The van der Waals surface area contributed by atoms with Crippen LogP contribution >= 0.6 is 0 Å². The zero-order valence-electron chi connectivity index (χ0n) is 24.1. The zero-order chi connectivity index (χ0) is 28.9. The number of hydrogen-bond acceptors (Lipinski definition) is 5. The summed E-state index contributed by atoms with van der Waals surface area (Å²) in [5, 5.41) is 1.04. The zero-order valence-corrected chi connectivity index (χ0v) is 24.1. The first-order valence-electron chi connectivity index (χ1n) is 13.9. The molecule has 1 N–H and O–H groups in total. The van der Waals surface area contributed by atoms with E-state index in [0.717, 1.165) is 33.3 Å². The van der Waals surface area contributed by atoms with Crippen molar-refractivity contribution in [3.8, 4) is 17.2 Å². The lowest BCUT2D eigenvalue weighted by Crippen LogP contribution is -2.67. The van der Waals surface area contributed by atoms with Crippen LogP contribution in [0.5, 0.6) is 17.2 Å². The fourth-order valence-corrected chi connectivity index (χ4v) is 6.35. The molecule has 2 aliphatic heterocycles. The Bertz CT molecular complexity index is 1640. The van der Waals surface area contributed by atoms with Crippen LogP contribution in [0.2, 0.25) is 0 Å². The maximum absolute atomic E-state index is 14.4. The SMILES string of the molecule is COc1cccc(CN2CC(=O)N3CC(c4ccc(OC(C)C)c(OC)c4)c4c([nH]c5ccccc45)C3(C)C2=O)c1. The maximum atomic E-state index is 14.4. The van der Waals surface area contributed by atoms with E-state index in [4.69, 9.17) is 14.2 Å². The number of fused-ring (bicyclic) bond motifs is 5. The summed E-state index contributed by atoms with van der Waals surface area (Å²) in [7, 11) is 3.25. The van der Waals surface area contributed by atoms with E-state index < -0.39 is 5.54 Å². The van der Waals surface area contributed by atoms with Gasteiger partial charge in [0.25, 0.3) is 5.91 Å². The number of carbonyl (C=O) groups is 2. The van der Waals surface area contributed by atoms with Crippen molar-refractivity contribution >= 4 is 22.7 Å². The number of H-pyrrole nitrogens is 1. The van der Waals surface area contributed by atoms with Crippen molar-refractivity contribution in [2.45, 2.75) is 44.9 Å². The van der Waals surface area contributed by atoms with Crippen molar-refractivity contribution < 1.29 is 23.8 Å². The molecule has 0 aliphatic carbocycles. The molecule has 3 heterocycles. The summed E-state index contributed by atoms with van der Waals surface area (Å²) in [5.41, 5.74) is 3.44. The monoisotopic (exact) mass is 553 g/mol. The predicted molar refractivity (Wildman–Crippen MR) is 156 cm³/mol. The van der Waals surface area contributed by atoms with Gasteiger partial charge in [-0.1, -0.05) is 36.4 Å². The van der Waals surface area contributed by atoms with Crippen LogP contribution in [0.1, 0.15) is 49.1 Å². The van der Waals surface area contributed by atoms with E-state index >= 15 is 0 Å². The van der Waals surface area contributed by atoms with Gasteiger partial charge in [-0.15, -0.1) is 0 Å². The number of nitrogens with zero attached hydrogens (tertiary/aromatic N) is 2. The number of carbonyl (C=O) groups excluding carboxylic acids is 2. The molecular weight excluding hydrogens is 518 g/mol. The predicted octanol–water partition coefficient (Wildman–Crippen LogP) is 5.20. The number of para-hydroxylation sites is 1. The fourth-order valence-electron chi connectivity index (χ4n) is 6.35. The Morgan fingerprint density at radius 3 is 2.54 bits per heavy atom. The molecule has 2 atom stereocenters. The number of aromatic amines is 1. The highest BCUT2D eigenvalue weighted by atomic mass is 16.5. The van der Waals surface area contributed by atoms with Gasteiger partial charge in [0.1, 0.15) is 12.3 Å². The van der Waals surface area contributed by atoms with Crippen molar-refractivity contribution in [2.24, 2.45) is 0 Å². The van der Waals surface area contributed by atoms with Gasteiger partial charge in [0.2, 0.25) is 5.91 Å². The Hall–Kier alpha value is -4.46.